The summed E-state index contributed by atoms with van der Waals surface area (Å²) in [5.74, 6) is -0.782. The molecule has 0 spiro atoms. The summed E-state index contributed by atoms with van der Waals surface area (Å²) in [4.78, 5) is 12.7. The number of carboxylic acid groups (broad SMARTS) is 1. The maximum Gasteiger partial charge on any atom is 0.306 e. The molecular weight excluding hydrogens is 170 g/mol. The molecule has 0 radical (unpaired) electrons. The number of hydrogen-bond donors (Lipinski definition) is 1. The fraction of sp³-hybridized carbons (Fsp3) is 0.889. The summed E-state index contributed by atoms with van der Waals surface area (Å²) in [6.07, 6.45) is -0.0166. The minimum atomic E-state index is -0.782. The minimum absolute atomic E-state index is 0.114. The van der Waals surface area contributed by atoms with Gasteiger partial charge in [0.2, 0.25) is 0 Å². The van der Waals surface area contributed by atoms with Crippen LogP contribution in [0.3, 0.4) is 0 Å². The Balaban J connectivity index is 2.37. The van der Waals surface area contributed by atoms with Crippen LogP contribution in [-0.2, 0) is 9.53 Å². The first-order valence-corrected chi connectivity index (χ1v) is 4.67. The Hall–Kier alpha value is -0.610. The number of aliphatic carboxylic acids is 1. The lowest BCUT2D eigenvalue weighted by molar-refractivity contribution is -0.142. The van der Waals surface area contributed by atoms with Crippen molar-refractivity contribution in [3.8, 4) is 0 Å². The fourth-order valence-corrected chi connectivity index (χ4v) is 1.53. The number of morpholine rings is 1. The van der Waals surface area contributed by atoms with Gasteiger partial charge >= 0.3 is 5.97 Å². The SMILES string of the molecule is CC(C)N1CCO[C@@H](CC(=O)O)C1. The van der Waals surface area contributed by atoms with Gasteiger partial charge in [-0.3, -0.25) is 9.69 Å². The molecule has 1 saturated heterocycles. The monoisotopic (exact) mass is 187 g/mol. The standard InChI is InChI=1S/C9H17NO3/c1-7(2)10-3-4-13-8(6-10)5-9(11)12/h7-8H,3-6H2,1-2H3,(H,11,12)/t8-/m0/s1. The van der Waals surface area contributed by atoms with Gasteiger partial charge in [0.15, 0.2) is 0 Å². The number of nitrogens with zero attached hydrogens (tertiary/aromatic N) is 1. The third kappa shape index (κ3) is 3.32. The number of carbonyl (C=O) groups is 1. The van der Waals surface area contributed by atoms with Crippen molar-refractivity contribution in [3.63, 3.8) is 0 Å². The average Bonchev–Trinajstić information content (AvgIpc) is 2.03. The first-order chi connectivity index (χ1) is 6.09. The van der Waals surface area contributed by atoms with Crippen LogP contribution in [0.1, 0.15) is 20.3 Å². The number of carboxylic acids is 1. The molecule has 0 aromatic carbocycles. The lowest BCUT2D eigenvalue weighted by Crippen LogP contribution is -2.46. The van der Waals surface area contributed by atoms with Crippen LogP contribution in [0, 0.1) is 0 Å². The second-order valence-electron chi connectivity index (χ2n) is 3.68. The highest BCUT2D eigenvalue weighted by molar-refractivity contribution is 5.67. The second kappa shape index (κ2) is 4.58. The van der Waals surface area contributed by atoms with E-state index >= 15 is 0 Å². The number of hydrogen-bond acceptors (Lipinski definition) is 3. The zero-order valence-electron chi connectivity index (χ0n) is 8.19. The topological polar surface area (TPSA) is 49.8 Å². The predicted molar refractivity (Wildman–Crippen MR) is 48.7 cm³/mol. The van der Waals surface area contributed by atoms with Crippen molar-refractivity contribution in [1.82, 2.24) is 4.90 Å². The summed E-state index contributed by atoms with van der Waals surface area (Å²) in [6, 6.07) is 0.472. The van der Waals surface area contributed by atoms with Crippen LogP contribution < -0.4 is 0 Å². The van der Waals surface area contributed by atoms with Gasteiger partial charge in [0.05, 0.1) is 19.1 Å². The van der Waals surface area contributed by atoms with Crippen molar-refractivity contribution < 1.29 is 14.6 Å². The van der Waals surface area contributed by atoms with Crippen LogP contribution in [0.2, 0.25) is 0 Å². The van der Waals surface area contributed by atoms with Crippen molar-refractivity contribution in [1.29, 1.82) is 0 Å². The van der Waals surface area contributed by atoms with Crippen LogP contribution >= 0.6 is 0 Å². The van der Waals surface area contributed by atoms with Crippen LogP contribution in [-0.4, -0.2) is 47.8 Å². The van der Waals surface area contributed by atoms with E-state index in [9.17, 15) is 4.79 Å². The Morgan fingerprint density at radius 2 is 2.38 bits per heavy atom. The molecule has 13 heavy (non-hydrogen) atoms. The molecule has 0 amide bonds. The van der Waals surface area contributed by atoms with Crippen LogP contribution in [0.15, 0.2) is 0 Å². The van der Waals surface area contributed by atoms with Gasteiger partial charge < -0.3 is 9.84 Å². The van der Waals surface area contributed by atoms with Crippen LogP contribution in [0.4, 0.5) is 0 Å². The molecule has 1 fully saturated rings. The normalized spacial score (nSPS) is 25.0. The molecule has 0 aromatic heterocycles. The smallest absolute Gasteiger partial charge is 0.306 e. The number of ether oxygens (including phenoxy) is 1. The highest BCUT2D eigenvalue weighted by Crippen LogP contribution is 2.11. The van der Waals surface area contributed by atoms with E-state index in [1.807, 2.05) is 0 Å². The molecule has 0 unspecified atom stereocenters. The lowest BCUT2D eigenvalue weighted by Gasteiger charge is -2.34. The van der Waals surface area contributed by atoms with Crippen LogP contribution in [0.5, 0.6) is 0 Å². The van der Waals surface area contributed by atoms with Gasteiger partial charge in [-0.05, 0) is 13.8 Å². The third-order valence-corrected chi connectivity index (χ3v) is 2.30. The maximum atomic E-state index is 10.4. The predicted octanol–water partition coefficient (Wildman–Crippen LogP) is 0.570. The molecule has 1 aliphatic heterocycles. The third-order valence-electron chi connectivity index (χ3n) is 2.30. The summed E-state index contributed by atoms with van der Waals surface area (Å²) in [7, 11) is 0. The van der Waals surface area contributed by atoms with E-state index in [4.69, 9.17) is 9.84 Å². The molecule has 1 rings (SSSR count). The summed E-state index contributed by atoms with van der Waals surface area (Å²) >= 11 is 0. The molecule has 0 bridgehead atoms. The maximum absolute atomic E-state index is 10.4. The van der Waals surface area contributed by atoms with E-state index < -0.39 is 5.97 Å². The summed E-state index contributed by atoms with van der Waals surface area (Å²) in [5, 5.41) is 8.59. The summed E-state index contributed by atoms with van der Waals surface area (Å²) < 4.78 is 5.35. The first kappa shape index (κ1) is 10.5. The first-order valence-electron chi connectivity index (χ1n) is 4.67. The highest BCUT2D eigenvalue weighted by atomic mass is 16.5. The van der Waals surface area contributed by atoms with E-state index in [2.05, 4.69) is 18.7 Å². The molecule has 0 saturated carbocycles. The molecule has 4 heteroatoms. The lowest BCUT2D eigenvalue weighted by atomic mass is 10.2. The van der Waals surface area contributed by atoms with Crippen molar-refractivity contribution in [2.24, 2.45) is 0 Å². The fourth-order valence-electron chi connectivity index (χ4n) is 1.53. The summed E-state index contributed by atoms with van der Waals surface area (Å²) in [6.45, 7) is 6.53. The van der Waals surface area contributed by atoms with Gasteiger partial charge in [-0.25, -0.2) is 0 Å². The quantitative estimate of drug-likeness (QED) is 0.701. The van der Waals surface area contributed by atoms with Gasteiger partial charge in [-0.1, -0.05) is 0 Å². The molecule has 1 aliphatic rings. The van der Waals surface area contributed by atoms with E-state index in [1.54, 1.807) is 0 Å². The summed E-state index contributed by atoms with van der Waals surface area (Å²) in [5.41, 5.74) is 0. The van der Waals surface area contributed by atoms with E-state index in [0.29, 0.717) is 12.6 Å². The Morgan fingerprint density at radius 3 is 2.92 bits per heavy atom. The largest absolute Gasteiger partial charge is 0.481 e. The van der Waals surface area contributed by atoms with E-state index in [-0.39, 0.29) is 12.5 Å². The van der Waals surface area contributed by atoms with Gasteiger partial charge in [0.25, 0.3) is 0 Å². The molecule has 1 atom stereocenters. The molecule has 1 N–H and O–H groups in total. The van der Waals surface area contributed by atoms with Gasteiger partial charge in [-0.15, -0.1) is 0 Å². The van der Waals surface area contributed by atoms with E-state index in [0.717, 1.165) is 13.1 Å². The Morgan fingerprint density at radius 1 is 1.69 bits per heavy atom. The Kier molecular flexibility index (Phi) is 3.69. The molecule has 4 nitrogen and oxygen atoms in total. The second-order valence-corrected chi connectivity index (χ2v) is 3.68. The molecule has 1 heterocycles. The number of rotatable bonds is 3. The van der Waals surface area contributed by atoms with Gasteiger partial charge in [0.1, 0.15) is 0 Å². The van der Waals surface area contributed by atoms with Crippen LogP contribution in [0.25, 0.3) is 0 Å². The highest BCUT2D eigenvalue weighted by Gasteiger charge is 2.23. The Labute approximate surface area is 78.5 Å². The zero-order valence-corrected chi connectivity index (χ0v) is 8.19. The Bertz CT molecular complexity index is 182. The van der Waals surface area contributed by atoms with Gasteiger partial charge in [0, 0.05) is 19.1 Å². The van der Waals surface area contributed by atoms with Crippen molar-refractivity contribution in [2.75, 3.05) is 19.7 Å². The molecule has 0 aliphatic carbocycles. The molecule has 76 valence electrons. The van der Waals surface area contributed by atoms with E-state index in [1.165, 1.54) is 0 Å². The average molecular weight is 187 g/mol. The van der Waals surface area contributed by atoms with Crippen molar-refractivity contribution in [3.05, 3.63) is 0 Å². The molecular formula is C9H17NO3. The van der Waals surface area contributed by atoms with Crippen molar-refractivity contribution >= 4 is 5.97 Å². The minimum Gasteiger partial charge on any atom is -0.481 e. The molecule has 0 aromatic rings. The van der Waals surface area contributed by atoms with Gasteiger partial charge in [-0.2, -0.15) is 0 Å². The van der Waals surface area contributed by atoms with Crippen molar-refractivity contribution in [2.45, 2.75) is 32.4 Å². The zero-order chi connectivity index (χ0) is 9.84.